The van der Waals surface area contributed by atoms with Crippen LogP contribution in [0.5, 0.6) is 0 Å². The van der Waals surface area contributed by atoms with Crippen LogP contribution in [0.3, 0.4) is 0 Å². The molecule has 1 N–H and O–H groups in total. The highest BCUT2D eigenvalue weighted by molar-refractivity contribution is 9.10. The lowest BCUT2D eigenvalue weighted by atomic mass is 10.4. The Kier molecular flexibility index (Phi) is 5.95. The highest BCUT2D eigenvalue weighted by Gasteiger charge is 2.16. The number of nitrogens with zero attached hydrogens (tertiary/aromatic N) is 4. The number of H-pyrrole nitrogens is 1. The van der Waals surface area contributed by atoms with Gasteiger partial charge in [0.05, 0.1) is 9.72 Å². The second-order valence-corrected chi connectivity index (χ2v) is 6.55. The van der Waals surface area contributed by atoms with Crippen LogP contribution in [0.4, 0.5) is 0 Å². The van der Waals surface area contributed by atoms with E-state index in [0.29, 0.717) is 24.1 Å². The van der Waals surface area contributed by atoms with Gasteiger partial charge in [-0.1, -0.05) is 11.8 Å². The van der Waals surface area contributed by atoms with Gasteiger partial charge in [-0.2, -0.15) is 0 Å². The van der Waals surface area contributed by atoms with Gasteiger partial charge in [0.25, 0.3) is 0 Å². The molecule has 0 spiro atoms. The van der Waals surface area contributed by atoms with Crippen molar-refractivity contribution in [2.45, 2.75) is 30.3 Å². The second-order valence-electron chi connectivity index (χ2n) is 4.33. The lowest BCUT2D eigenvalue weighted by Crippen LogP contribution is -2.18. The van der Waals surface area contributed by atoms with Gasteiger partial charge < -0.3 is 4.74 Å². The van der Waals surface area contributed by atoms with E-state index in [0.717, 1.165) is 10.9 Å². The largest absolute Gasteiger partial charge is 0.385 e. The first-order valence-corrected chi connectivity index (χ1v) is 8.07. The molecule has 1 atom stereocenters. The number of methoxy groups -OCH3 is 1. The molecule has 0 aromatic carbocycles. The summed E-state index contributed by atoms with van der Waals surface area (Å²) in [6.45, 7) is 3.15. The third-order valence-electron chi connectivity index (χ3n) is 2.74. The fourth-order valence-electron chi connectivity index (χ4n) is 1.70. The average Bonchev–Trinajstić information content (AvgIpc) is 2.81. The Morgan fingerprint density at radius 1 is 1.48 bits per heavy atom. The SMILES string of the molecule is COCCCn1c(SC(C)c2ncc(Br)cn2)n[nH]c1=O. The summed E-state index contributed by atoms with van der Waals surface area (Å²) < 4.78 is 7.45. The monoisotopic (exact) mass is 373 g/mol. The fraction of sp³-hybridized carbons (Fsp3) is 0.500. The molecule has 0 bridgehead atoms. The maximum atomic E-state index is 11.8. The highest BCUT2D eigenvalue weighted by Crippen LogP contribution is 2.31. The molecule has 0 saturated heterocycles. The van der Waals surface area contributed by atoms with Gasteiger partial charge in [-0.15, -0.1) is 5.10 Å². The Hall–Kier alpha value is -1.19. The summed E-state index contributed by atoms with van der Waals surface area (Å²) in [5.41, 5.74) is -0.211. The number of thioether (sulfide) groups is 1. The van der Waals surface area contributed by atoms with Crippen molar-refractivity contribution >= 4 is 27.7 Å². The molecule has 7 nitrogen and oxygen atoms in total. The predicted octanol–water partition coefficient (Wildman–Crippen LogP) is 2.01. The van der Waals surface area contributed by atoms with E-state index in [9.17, 15) is 4.79 Å². The van der Waals surface area contributed by atoms with Crippen LogP contribution < -0.4 is 5.69 Å². The topological polar surface area (TPSA) is 85.7 Å². The van der Waals surface area contributed by atoms with E-state index >= 15 is 0 Å². The normalized spacial score (nSPS) is 12.5. The molecular weight excluding hydrogens is 358 g/mol. The van der Waals surface area contributed by atoms with Crippen molar-refractivity contribution in [1.82, 2.24) is 24.7 Å². The van der Waals surface area contributed by atoms with E-state index in [-0.39, 0.29) is 10.9 Å². The van der Waals surface area contributed by atoms with Gasteiger partial charge in [-0.05, 0) is 29.3 Å². The summed E-state index contributed by atoms with van der Waals surface area (Å²) in [5, 5.41) is 7.17. The van der Waals surface area contributed by atoms with Crippen LogP contribution in [0.15, 0.2) is 26.8 Å². The van der Waals surface area contributed by atoms with Crippen LogP contribution in [-0.4, -0.2) is 38.4 Å². The number of aromatic amines is 1. The Morgan fingerprint density at radius 2 is 2.19 bits per heavy atom. The Bertz CT molecular complexity index is 627. The molecule has 2 aromatic rings. The van der Waals surface area contributed by atoms with Crippen LogP contribution in [-0.2, 0) is 11.3 Å². The molecule has 21 heavy (non-hydrogen) atoms. The van der Waals surface area contributed by atoms with Crippen molar-refractivity contribution in [3.63, 3.8) is 0 Å². The summed E-state index contributed by atoms with van der Waals surface area (Å²) in [5.74, 6) is 0.696. The van der Waals surface area contributed by atoms with Crippen molar-refractivity contribution in [3.05, 3.63) is 33.2 Å². The lowest BCUT2D eigenvalue weighted by molar-refractivity contribution is 0.189. The third kappa shape index (κ3) is 4.39. The number of rotatable bonds is 7. The zero-order chi connectivity index (χ0) is 15.2. The summed E-state index contributed by atoms with van der Waals surface area (Å²) >= 11 is 4.75. The van der Waals surface area contributed by atoms with Gasteiger partial charge in [0.2, 0.25) is 0 Å². The second kappa shape index (κ2) is 7.71. The molecule has 0 amide bonds. The van der Waals surface area contributed by atoms with E-state index in [1.165, 1.54) is 11.8 Å². The summed E-state index contributed by atoms with van der Waals surface area (Å²) in [7, 11) is 1.64. The predicted molar refractivity (Wildman–Crippen MR) is 83.3 cm³/mol. The molecule has 0 aliphatic rings. The molecule has 0 radical (unpaired) electrons. The van der Waals surface area contributed by atoms with Crippen molar-refractivity contribution in [1.29, 1.82) is 0 Å². The molecule has 114 valence electrons. The zero-order valence-corrected chi connectivity index (χ0v) is 14.1. The van der Waals surface area contributed by atoms with Crippen molar-refractivity contribution < 1.29 is 4.74 Å². The molecule has 2 aromatic heterocycles. The molecule has 0 aliphatic heterocycles. The first kappa shape index (κ1) is 16.2. The van der Waals surface area contributed by atoms with Gasteiger partial charge >= 0.3 is 5.69 Å². The minimum absolute atomic E-state index is 0.00512. The van der Waals surface area contributed by atoms with Gasteiger partial charge in [-0.3, -0.25) is 4.57 Å². The number of nitrogens with one attached hydrogen (secondary N) is 1. The van der Waals surface area contributed by atoms with Gasteiger partial charge in [0, 0.05) is 32.7 Å². The molecule has 2 heterocycles. The highest BCUT2D eigenvalue weighted by atomic mass is 79.9. The summed E-state index contributed by atoms with van der Waals surface area (Å²) in [6, 6.07) is 0. The Balaban J connectivity index is 2.08. The molecule has 0 saturated carbocycles. The Morgan fingerprint density at radius 3 is 2.86 bits per heavy atom. The molecule has 1 unspecified atom stereocenters. The summed E-state index contributed by atoms with van der Waals surface area (Å²) in [4.78, 5) is 20.3. The van der Waals surface area contributed by atoms with E-state index in [1.54, 1.807) is 24.1 Å². The quantitative estimate of drug-likeness (QED) is 0.590. The maximum Gasteiger partial charge on any atom is 0.343 e. The lowest BCUT2D eigenvalue weighted by Gasteiger charge is -2.10. The fourth-order valence-corrected chi connectivity index (χ4v) is 2.85. The smallest absolute Gasteiger partial charge is 0.343 e. The summed E-state index contributed by atoms with van der Waals surface area (Å²) in [6.07, 6.45) is 4.16. The van der Waals surface area contributed by atoms with Crippen LogP contribution in [0.1, 0.15) is 24.4 Å². The number of ether oxygens (including phenoxy) is 1. The van der Waals surface area contributed by atoms with Crippen LogP contribution >= 0.6 is 27.7 Å². The van der Waals surface area contributed by atoms with E-state index < -0.39 is 0 Å². The molecule has 2 rings (SSSR count). The van der Waals surface area contributed by atoms with Crippen LogP contribution in [0.2, 0.25) is 0 Å². The number of hydrogen-bond donors (Lipinski definition) is 1. The van der Waals surface area contributed by atoms with Crippen LogP contribution in [0, 0.1) is 0 Å². The number of aromatic nitrogens is 5. The number of halogens is 1. The third-order valence-corrected chi connectivity index (χ3v) is 4.24. The first-order valence-electron chi connectivity index (χ1n) is 6.40. The van der Waals surface area contributed by atoms with E-state index in [2.05, 4.69) is 36.1 Å². The molecule has 0 aliphatic carbocycles. The molecular formula is C12H16BrN5O2S. The van der Waals surface area contributed by atoms with Gasteiger partial charge in [-0.25, -0.2) is 19.9 Å². The van der Waals surface area contributed by atoms with E-state index in [1.807, 2.05) is 6.92 Å². The zero-order valence-electron chi connectivity index (χ0n) is 11.7. The maximum absolute atomic E-state index is 11.8. The van der Waals surface area contributed by atoms with Crippen molar-refractivity contribution in [2.75, 3.05) is 13.7 Å². The standard InChI is InChI=1S/C12H16BrN5O2S/c1-8(10-14-6-9(13)7-15-10)21-12-17-16-11(19)18(12)4-3-5-20-2/h6-8H,3-5H2,1-2H3,(H,16,19). The van der Waals surface area contributed by atoms with Crippen LogP contribution in [0.25, 0.3) is 0 Å². The minimum atomic E-state index is -0.211. The van der Waals surface area contributed by atoms with Crippen molar-refractivity contribution in [3.8, 4) is 0 Å². The van der Waals surface area contributed by atoms with Gasteiger partial charge in [0.15, 0.2) is 5.16 Å². The van der Waals surface area contributed by atoms with Crippen molar-refractivity contribution in [2.24, 2.45) is 0 Å². The minimum Gasteiger partial charge on any atom is -0.385 e. The van der Waals surface area contributed by atoms with E-state index in [4.69, 9.17) is 4.74 Å². The molecule has 9 heteroatoms. The molecule has 0 fully saturated rings. The Labute approximate surface area is 134 Å². The first-order chi connectivity index (χ1) is 10.1. The van der Waals surface area contributed by atoms with Gasteiger partial charge in [0.1, 0.15) is 5.82 Å². The average molecular weight is 374 g/mol. The number of hydrogen-bond acceptors (Lipinski definition) is 6.